The van der Waals surface area contributed by atoms with Crippen LogP contribution in [0, 0.1) is 0 Å². The van der Waals surface area contributed by atoms with E-state index < -0.39 is 6.10 Å². The van der Waals surface area contributed by atoms with Crippen LogP contribution in [-0.4, -0.2) is 47.2 Å². The fourth-order valence-electron chi connectivity index (χ4n) is 3.31. The number of hydrogen-bond acceptors (Lipinski definition) is 5. The molecule has 0 aromatic heterocycles. The van der Waals surface area contributed by atoms with Gasteiger partial charge < -0.3 is 20.1 Å². The van der Waals surface area contributed by atoms with Crippen LogP contribution in [0.3, 0.4) is 0 Å². The van der Waals surface area contributed by atoms with Gasteiger partial charge in [0.1, 0.15) is 6.10 Å². The lowest BCUT2D eigenvalue weighted by molar-refractivity contribution is -0.143. The molecule has 0 aliphatic carbocycles. The number of aliphatic hydroxyl groups excluding tert-OH is 3. The Balaban J connectivity index is 0. The van der Waals surface area contributed by atoms with E-state index in [0.717, 1.165) is 19.3 Å². The Labute approximate surface area is 193 Å². The van der Waals surface area contributed by atoms with Gasteiger partial charge in [0.2, 0.25) is 0 Å². The summed E-state index contributed by atoms with van der Waals surface area (Å²) in [6.45, 7) is 4.33. The van der Waals surface area contributed by atoms with Crippen LogP contribution in [0.1, 0.15) is 136 Å². The highest BCUT2D eigenvalue weighted by atomic mass is 16.5. The van der Waals surface area contributed by atoms with E-state index >= 15 is 0 Å². The van der Waals surface area contributed by atoms with Crippen molar-refractivity contribution in [3.05, 3.63) is 0 Å². The monoisotopic (exact) mass is 446 g/mol. The molecule has 0 aliphatic heterocycles. The van der Waals surface area contributed by atoms with Crippen molar-refractivity contribution < 1.29 is 24.9 Å². The number of esters is 1. The molecule has 0 aromatic carbocycles. The van der Waals surface area contributed by atoms with E-state index in [1.807, 2.05) is 0 Å². The maximum absolute atomic E-state index is 11.5. The fraction of sp³-hybridized carbons (Fsp3) is 0.962. The Hall–Kier alpha value is -0.650. The second-order valence-corrected chi connectivity index (χ2v) is 8.65. The van der Waals surface area contributed by atoms with Crippen molar-refractivity contribution in [3.63, 3.8) is 0 Å². The second-order valence-electron chi connectivity index (χ2n) is 8.65. The summed E-state index contributed by atoms with van der Waals surface area (Å²) in [7, 11) is 0. The lowest BCUT2D eigenvalue weighted by atomic mass is 10.0. The molecule has 0 aliphatic rings. The minimum absolute atomic E-state index is 0.00537. The van der Waals surface area contributed by atoms with Crippen LogP contribution in [-0.2, 0) is 9.53 Å². The highest BCUT2D eigenvalue weighted by molar-refractivity contribution is 5.69. The summed E-state index contributed by atoms with van der Waals surface area (Å²) in [6.07, 6.45) is 23.4. The average Bonchev–Trinajstić information content (AvgIpc) is 2.79. The number of carbonyl (C=O) groups is 1. The predicted octanol–water partition coefficient (Wildman–Crippen LogP) is 6.31. The third kappa shape index (κ3) is 31.6. The zero-order valence-corrected chi connectivity index (χ0v) is 20.8. The maximum Gasteiger partial charge on any atom is 0.305 e. The first-order chi connectivity index (χ1) is 15.1. The largest absolute Gasteiger partial charge is 0.466 e. The Kier molecular flexibility index (Phi) is 30.8. The topological polar surface area (TPSA) is 87.0 Å². The molecule has 0 amide bonds. The smallest absolute Gasteiger partial charge is 0.305 e. The summed E-state index contributed by atoms with van der Waals surface area (Å²) < 4.78 is 5.22. The van der Waals surface area contributed by atoms with Crippen LogP contribution >= 0.6 is 0 Å². The van der Waals surface area contributed by atoms with Gasteiger partial charge in [-0.15, -0.1) is 0 Å². The standard InChI is InChI=1S/C23H46O2.C3H8O3/c1-3-5-7-8-9-10-11-12-13-14-15-16-17-18-19-21-23(24)25-22-20-6-4-2;4-1-3(6)2-5/h3-22H2,1-2H3;3-6H,1-2H2. The molecule has 0 atom stereocenters. The zero-order valence-electron chi connectivity index (χ0n) is 20.8. The molecule has 0 rings (SSSR count). The molecule has 0 fully saturated rings. The molecule has 0 unspecified atom stereocenters. The number of carbonyl (C=O) groups excluding carboxylic acids is 1. The average molecular weight is 447 g/mol. The minimum atomic E-state index is -0.954. The number of rotatable bonds is 22. The van der Waals surface area contributed by atoms with E-state index in [0.29, 0.717) is 13.0 Å². The molecular weight excluding hydrogens is 392 g/mol. The van der Waals surface area contributed by atoms with Gasteiger partial charge in [-0.25, -0.2) is 0 Å². The summed E-state index contributed by atoms with van der Waals surface area (Å²) in [6, 6.07) is 0. The molecule has 0 bridgehead atoms. The van der Waals surface area contributed by atoms with Crippen molar-refractivity contribution in [2.45, 2.75) is 142 Å². The molecule has 0 saturated heterocycles. The number of unbranched alkanes of at least 4 members (excludes halogenated alkanes) is 16. The first-order valence-electron chi connectivity index (χ1n) is 13.2. The Bertz CT molecular complexity index is 332. The maximum atomic E-state index is 11.5. The zero-order chi connectivity index (χ0) is 23.4. The second kappa shape index (κ2) is 29.4. The van der Waals surface area contributed by atoms with E-state index in [9.17, 15) is 4.79 Å². The molecule has 0 saturated carbocycles. The first kappa shape index (κ1) is 32.5. The molecule has 5 heteroatoms. The highest BCUT2D eigenvalue weighted by Gasteiger charge is 2.02. The molecular formula is C26H54O5. The molecule has 3 N–H and O–H groups in total. The van der Waals surface area contributed by atoms with Crippen molar-refractivity contribution in [1.29, 1.82) is 0 Å². The van der Waals surface area contributed by atoms with E-state index in [1.165, 1.54) is 96.3 Å². The van der Waals surface area contributed by atoms with Crippen molar-refractivity contribution in [3.8, 4) is 0 Å². The highest BCUT2D eigenvalue weighted by Crippen LogP contribution is 2.13. The van der Waals surface area contributed by atoms with Crippen LogP contribution in [0.5, 0.6) is 0 Å². The van der Waals surface area contributed by atoms with Gasteiger partial charge >= 0.3 is 5.97 Å². The van der Waals surface area contributed by atoms with Gasteiger partial charge in [0.05, 0.1) is 19.8 Å². The molecule has 0 spiro atoms. The molecule has 5 nitrogen and oxygen atoms in total. The minimum Gasteiger partial charge on any atom is -0.466 e. The van der Waals surface area contributed by atoms with E-state index in [1.54, 1.807) is 0 Å². The van der Waals surface area contributed by atoms with Gasteiger partial charge in [0.25, 0.3) is 0 Å². The van der Waals surface area contributed by atoms with Crippen molar-refractivity contribution >= 4 is 5.97 Å². The fourth-order valence-corrected chi connectivity index (χ4v) is 3.31. The van der Waals surface area contributed by atoms with Gasteiger partial charge in [-0.05, 0) is 12.8 Å². The van der Waals surface area contributed by atoms with Gasteiger partial charge in [-0.3, -0.25) is 4.79 Å². The molecule has 31 heavy (non-hydrogen) atoms. The van der Waals surface area contributed by atoms with Crippen LogP contribution in [0.15, 0.2) is 0 Å². The third-order valence-corrected chi connectivity index (χ3v) is 5.42. The summed E-state index contributed by atoms with van der Waals surface area (Å²) in [5.74, 6) is 0.00537. The van der Waals surface area contributed by atoms with Gasteiger partial charge in [-0.2, -0.15) is 0 Å². The van der Waals surface area contributed by atoms with Crippen LogP contribution < -0.4 is 0 Å². The first-order valence-corrected chi connectivity index (χ1v) is 13.2. The van der Waals surface area contributed by atoms with Crippen molar-refractivity contribution in [2.24, 2.45) is 0 Å². The number of hydrogen-bond donors (Lipinski definition) is 3. The van der Waals surface area contributed by atoms with Crippen LogP contribution in [0.2, 0.25) is 0 Å². The molecule has 0 radical (unpaired) electrons. The lowest BCUT2D eigenvalue weighted by Crippen LogP contribution is -2.15. The third-order valence-electron chi connectivity index (χ3n) is 5.42. The van der Waals surface area contributed by atoms with E-state index in [4.69, 9.17) is 20.1 Å². The van der Waals surface area contributed by atoms with Gasteiger partial charge in [0, 0.05) is 6.42 Å². The Morgan fingerprint density at radius 1 is 0.613 bits per heavy atom. The summed E-state index contributed by atoms with van der Waals surface area (Å²) in [4.78, 5) is 11.5. The Morgan fingerprint density at radius 2 is 0.968 bits per heavy atom. The van der Waals surface area contributed by atoms with Crippen molar-refractivity contribution in [1.82, 2.24) is 0 Å². The van der Waals surface area contributed by atoms with Gasteiger partial charge in [-0.1, -0.05) is 117 Å². The van der Waals surface area contributed by atoms with Gasteiger partial charge in [0.15, 0.2) is 0 Å². The normalized spacial score (nSPS) is 10.8. The summed E-state index contributed by atoms with van der Waals surface area (Å²) in [5, 5.41) is 24.0. The van der Waals surface area contributed by atoms with Crippen LogP contribution in [0.4, 0.5) is 0 Å². The van der Waals surface area contributed by atoms with E-state index in [-0.39, 0.29) is 19.2 Å². The SMILES string of the molecule is CCCCCCCCCCCCCCCCCC(=O)OCCCCC.OCC(O)CO. The Morgan fingerprint density at radius 3 is 1.32 bits per heavy atom. The predicted molar refractivity (Wildman–Crippen MR) is 130 cm³/mol. The summed E-state index contributed by atoms with van der Waals surface area (Å²) >= 11 is 0. The molecule has 0 aromatic rings. The van der Waals surface area contributed by atoms with Crippen molar-refractivity contribution in [2.75, 3.05) is 19.8 Å². The van der Waals surface area contributed by atoms with Crippen LogP contribution in [0.25, 0.3) is 0 Å². The lowest BCUT2D eigenvalue weighted by Gasteiger charge is -2.05. The van der Waals surface area contributed by atoms with E-state index in [2.05, 4.69) is 13.8 Å². The summed E-state index contributed by atoms with van der Waals surface area (Å²) in [5.41, 5.74) is 0. The molecule has 0 heterocycles. The molecule has 188 valence electrons. The number of aliphatic hydroxyl groups is 3. The quantitative estimate of drug-likeness (QED) is 0.134. The number of ether oxygens (including phenoxy) is 1.